The number of carbonyl (C=O) groups excluding carboxylic acids is 1. The molecule has 0 aromatic heterocycles. The van der Waals surface area contributed by atoms with Gasteiger partial charge in [0.1, 0.15) is 0 Å². The smallest absolute Gasteiger partial charge is 0.306 e. The van der Waals surface area contributed by atoms with Crippen LogP contribution in [0, 0.1) is 0 Å². The number of carbonyl (C=O) groups is 1. The first-order valence-electron chi connectivity index (χ1n) is 7.09. The molecule has 0 heterocycles. The summed E-state index contributed by atoms with van der Waals surface area (Å²) in [5, 5.41) is 0. The van der Waals surface area contributed by atoms with E-state index in [2.05, 4.69) is 0 Å². The van der Waals surface area contributed by atoms with Crippen LogP contribution in [0.2, 0.25) is 0 Å². The summed E-state index contributed by atoms with van der Waals surface area (Å²) >= 11 is 0. The van der Waals surface area contributed by atoms with Gasteiger partial charge in [0.25, 0.3) is 10.1 Å². The number of unbranched alkanes of at least 4 members (excludes halogenated alkanes) is 1. The lowest BCUT2D eigenvalue weighted by atomic mass is 10.2. The van der Waals surface area contributed by atoms with Crippen molar-refractivity contribution in [3.05, 3.63) is 0 Å². The highest BCUT2D eigenvalue weighted by atomic mass is 32.2. The van der Waals surface area contributed by atoms with Gasteiger partial charge in [0.15, 0.2) is 0 Å². The Balaban J connectivity index is 3.78. The van der Waals surface area contributed by atoms with Crippen molar-refractivity contribution in [1.82, 2.24) is 0 Å². The van der Waals surface area contributed by atoms with Gasteiger partial charge < -0.3 is 9.22 Å². The zero-order valence-electron chi connectivity index (χ0n) is 12.8. The minimum Gasteiger partial charge on any atom is -0.466 e. The van der Waals surface area contributed by atoms with Crippen LogP contribution in [-0.2, 0) is 19.6 Å². The maximum absolute atomic E-state index is 11.4. The summed E-state index contributed by atoms with van der Waals surface area (Å²) in [6.07, 6.45) is 3.41. The number of esters is 1. The second-order valence-corrected chi connectivity index (χ2v) is 7.27. The number of hydrogen-bond acceptors (Lipinski definition) is 4. The first-order chi connectivity index (χ1) is 9.16. The van der Waals surface area contributed by atoms with Gasteiger partial charge in [-0.1, -0.05) is 13.3 Å². The summed E-state index contributed by atoms with van der Waals surface area (Å²) in [5.74, 6) is -0.385. The van der Waals surface area contributed by atoms with Gasteiger partial charge in [-0.3, -0.25) is 9.35 Å². The fraction of sp³-hybridized carbons (Fsp3) is 0.923. The van der Waals surface area contributed by atoms with E-state index in [0.717, 1.165) is 19.4 Å². The number of quaternary nitrogens is 1. The van der Waals surface area contributed by atoms with E-state index in [1.807, 2.05) is 21.0 Å². The first kappa shape index (κ1) is 19.3. The predicted octanol–water partition coefficient (Wildman–Crippen LogP) is 1.46. The van der Waals surface area contributed by atoms with Crippen molar-refractivity contribution < 1.29 is 27.0 Å². The molecule has 0 bridgehead atoms. The summed E-state index contributed by atoms with van der Waals surface area (Å²) in [6.45, 7) is 3.95. The van der Waals surface area contributed by atoms with Gasteiger partial charge in [0.2, 0.25) is 0 Å². The van der Waals surface area contributed by atoms with Gasteiger partial charge in [-0.25, -0.2) is 0 Å². The molecule has 0 unspecified atom stereocenters. The average molecular weight is 310 g/mol. The van der Waals surface area contributed by atoms with Crippen LogP contribution in [0.4, 0.5) is 0 Å². The van der Waals surface area contributed by atoms with E-state index < -0.39 is 10.1 Å². The third kappa shape index (κ3) is 12.4. The third-order valence-electron chi connectivity index (χ3n) is 3.07. The van der Waals surface area contributed by atoms with Gasteiger partial charge in [0.05, 0.1) is 46.0 Å². The molecule has 120 valence electrons. The van der Waals surface area contributed by atoms with Crippen molar-refractivity contribution in [2.45, 2.75) is 39.0 Å². The van der Waals surface area contributed by atoms with E-state index >= 15 is 0 Å². The zero-order chi connectivity index (χ0) is 15.6. The fourth-order valence-corrected chi connectivity index (χ4v) is 2.33. The highest BCUT2D eigenvalue weighted by Gasteiger charge is 2.17. The molecule has 0 saturated heterocycles. The van der Waals surface area contributed by atoms with Gasteiger partial charge in [-0.15, -0.1) is 0 Å². The van der Waals surface area contributed by atoms with E-state index in [1.54, 1.807) is 0 Å². The molecule has 0 rings (SSSR count). The summed E-state index contributed by atoms with van der Waals surface area (Å²) in [4.78, 5) is 11.4. The lowest BCUT2D eigenvalue weighted by Gasteiger charge is -2.29. The summed E-state index contributed by atoms with van der Waals surface area (Å²) in [7, 11) is 0.0797. The second kappa shape index (κ2) is 9.31. The molecule has 0 fully saturated rings. The predicted molar refractivity (Wildman–Crippen MR) is 78.0 cm³/mol. The van der Waals surface area contributed by atoms with Gasteiger partial charge in [0, 0.05) is 12.8 Å². The molecule has 7 heteroatoms. The Morgan fingerprint density at radius 2 is 1.75 bits per heavy atom. The van der Waals surface area contributed by atoms with Gasteiger partial charge >= 0.3 is 5.97 Å². The Hall–Kier alpha value is -0.660. The minimum atomic E-state index is -3.88. The standard InChI is InChI=1S/C13H27NO5S/c1-4-5-11-19-13(15)8-6-9-14(2,3)10-7-12-20(16,17)18/h4-12H2,1-3H3/p+1. The lowest BCUT2D eigenvalue weighted by molar-refractivity contribution is -0.890. The van der Waals surface area contributed by atoms with E-state index in [1.165, 1.54) is 0 Å². The topological polar surface area (TPSA) is 80.7 Å². The van der Waals surface area contributed by atoms with Crippen molar-refractivity contribution >= 4 is 16.1 Å². The molecular formula is C13H28NO5S+. The Labute approximate surface area is 122 Å². The molecule has 0 saturated carbocycles. The molecule has 0 amide bonds. The molecule has 0 aliphatic rings. The van der Waals surface area contributed by atoms with Crippen molar-refractivity contribution in [2.24, 2.45) is 0 Å². The Bertz CT molecular complexity index is 378. The van der Waals surface area contributed by atoms with E-state index in [9.17, 15) is 13.2 Å². The molecule has 6 nitrogen and oxygen atoms in total. The first-order valence-corrected chi connectivity index (χ1v) is 8.70. The van der Waals surface area contributed by atoms with Crippen molar-refractivity contribution in [3.63, 3.8) is 0 Å². The summed E-state index contributed by atoms with van der Waals surface area (Å²) in [6, 6.07) is 0. The van der Waals surface area contributed by atoms with E-state index in [0.29, 0.717) is 36.9 Å². The maximum Gasteiger partial charge on any atom is 0.306 e. The molecule has 0 aromatic rings. The minimum absolute atomic E-state index is 0.170. The molecule has 0 aromatic carbocycles. The van der Waals surface area contributed by atoms with Crippen molar-refractivity contribution in [1.29, 1.82) is 0 Å². The number of ether oxygens (including phenoxy) is 1. The van der Waals surface area contributed by atoms with Crippen LogP contribution in [-0.4, -0.2) is 63.0 Å². The molecular weight excluding hydrogens is 282 g/mol. The molecule has 0 spiro atoms. The lowest BCUT2D eigenvalue weighted by Crippen LogP contribution is -2.42. The molecule has 0 aliphatic carbocycles. The summed E-state index contributed by atoms with van der Waals surface area (Å²) < 4.78 is 35.6. The molecule has 0 aliphatic heterocycles. The Morgan fingerprint density at radius 3 is 2.30 bits per heavy atom. The van der Waals surface area contributed by atoms with Crippen LogP contribution in [0.3, 0.4) is 0 Å². The van der Waals surface area contributed by atoms with Crippen LogP contribution < -0.4 is 0 Å². The normalized spacial score (nSPS) is 12.4. The van der Waals surface area contributed by atoms with E-state index in [4.69, 9.17) is 9.29 Å². The highest BCUT2D eigenvalue weighted by molar-refractivity contribution is 7.85. The largest absolute Gasteiger partial charge is 0.466 e. The van der Waals surface area contributed by atoms with Gasteiger partial charge in [-0.2, -0.15) is 8.42 Å². The number of hydrogen-bond donors (Lipinski definition) is 1. The summed E-state index contributed by atoms with van der Waals surface area (Å²) in [5.41, 5.74) is 0. The van der Waals surface area contributed by atoms with Crippen LogP contribution in [0.1, 0.15) is 39.0 Å². The number of nitrogens with zero attached hydrogens (tertiary/aromatic N) is 1. The van der Waals surface area contributed by atoms with Crippen LogP contribution in [0.5, 0.6) is 0 Å². The second-order valence-electron chi connectivity index (χ2n) is 5.70. The highest BCUT2D eigenvalue weighted by Crippen LogP contribution is 2.05. The third-order valence-corrected chi connectivity index (χ3v) is 3.88. The average Bonchev–Trinajstić information content (AvgIpc) is 2.26. The van der Waals surface area contributed by atoms with Crippen LogP contribution in [0.15, 0.2) is 0 Å². The number of rotatable bonds is 11. The Kier molecular flexibility index (Phi) is 9.00. The Morgan fingerprint density at radius 1 is 1.15 bits per heavy atom. The van der Waals surface area contributed by atoms with Crippen LogP contribution in [0.25, 0.3) is 0 Å². The fourth-order valence-electron chi connectivity index (χ4n) is 1.84. The van der Waals surface area contributed by atoms with Crippen molar-refractivity contribution in [2.75, 3.05) is 39.5 Å². The maximum atomic E-state index is 11.4. The van der Waals surface area contributed by atoms with Crippen LogP contribution >= 0.6 is 0 Å². The van der Waals surface area contributed by atoms with Gasteiger partial charge in [-0.05, 0) is 6.42 Å². The molecule has 1 N–H and O–H groups in total. The molecule has 20 heavy (non-hydrogen) atoms. The molecule has 0 atom stereocenters. The zero-order valence-corrected chi connectivity index (χ0v) is 13.6. The van der Waals surface area contributed by atoms with E-state index in [-0.39, 0.29) is 11.7 Å². The van der Waals surface area contributed by atoms with Crippen molar-refractivity contribution in [3.8, 4) is 0 Å². The SMILES string of the molecule is CCCCOC(=O)CCC[N+](C)(C)CCCS(=O)(=O)O. The quantitative estimate of drug-likeness (QED) is 0.270. The monoisotopic (exact) mass is 310 g/mol. The molecule has 0 radical (unpaired) electrons.